The molecule has 4 heteroatoms. The number of carbonyl (C=O) groups excluding carboxylic acids is 1. The Morgan fingerprint density at radius 3 is 1.91 bits per heavy atom. The van der Waals surface area contributed by atoms with Crippen LogP contribution in [0.15, 0.2) is 11.8 Å². The smallest absolute Gasteiger partial charge is 0.293 e. The minimum Gasteiger partial charge on any atom is -0.512 e. The van der Waals surface area contributed by atoms with Crippen molar-refractivity contribution in [3.05, 3.63) is 11.8 Å². The molecule has 0 radical (unpaired) electrons. The van der Waals surface area contributed by atoms with Crippen molar-refractivity contribution in [3.8, 4) is 0 Å². The van der Waals surface area contributed by atoms with Crippen molar-refractivity contribution in [2.45, 2.75) is 71.8 Å². The number of rotatable bonds is 3. The number of carbonyl (C=O) groups is 1. The molecule has 0 amide bonds. The maximum Gasteiger partial charge on any atom is 0.293 e. The average molecular weight is 315 g/mol. The quantitative estimate of drug-likeness (QED) is 0.613. The minimum atomic E-state index is -0.318. The summed E-state index contributed by atoms with van der Waals surface area (Å²) >= 11 is 0. The molecule has 0 bridgehead atoms. The van der Waals surface area contributed by atoms with Gasteiger partial charge in [-0.25, -0.2) is 0 Å². The van der Waals surface area contributed by atoms with Gasteiger partial charge in [-0.1, -0.05) is 26.2 Å². The number of aliphatic hydroxyl groups is 1. The van der Waals surface area contributed by atoms with E-state index in [1.54, 1.807) is 0 Å². The Labute approximate surface area is 137 Å². The third kappa shape index (κ3) is 19.0. The van der Waals surface area contributed by atoms with Gasteiger partial charge in [-0.3, -0.25) is 4.79 Å². The van der Waals surface area contributed by atoms with Gasteiger partial charge in [-0.05, 0) is 67.3 Å². The molecular formula is C18H37NO3. The Balaban J connectivity index is 0. The summed E-state index contributed by atoms with van der Waals surface area (Å²) in [5, 5.41) is 9.54. The highest BCUT2D eigenvalue weighted by molar-refractivity contribution is 5.37. The molecule has 22 heavy (non-hydrogen) atoms. The number of allylic oxidation sites excluding steroid dienone is 2. The summed E-state index contributed by atoms with van der Waals surface area (Å²) in [6.45, 7) is 7.99. The van der Waals surface area contributed by atoms with Crippen LogP contribution >= 0.6 is 0 Å². The van der Waals surface area contributed by atoms with Crippen LogP contribution in [0.1, 0.15) is 66.2 Å². The van der Waals surface area contributed by atoms with E-state index in [-0.39, 0.29) is 5.60 Å². The van der Waals surface area contributed by atoms with Crippen LogP contribution in [0.3, 0.4) is 0 Å². The Kier molecular flexibility index (Phi) is 14.4. The first-order valence-corrected chi connectivity index (χ1v) is 8.25. The lowest BCUT2D eigenvalue weighted by Crippen LogP contribution is -2.17. The second-order valence-corrected chi connectivity index (χ2v) is 7.04. The molecule has 1 fully saturated rings. The summed E-state index contributed by atoms with van der Waals surface area (Å²) in [7, 11) is 6.00. The van der Waals surface area contributed by atoms with E-state index in [2.05, 4.69) is 11.7 Å². The van der Waals surface area contributed by atoms with Gasteiger partial charge in [0.05, 0.1) is 5.76 Å². The lowest BCUT2D eigenvalue weighted by molar-refractivity contribution is -0.138. The van der Waals surface area contributed by atoms with Gasteiger partial charge in [0.25, 0.3) is 6.47 Å². The van der Waals surface area contributed by atoms with E-state index in [1.165, 1.54) is 32.1 Å². The fourth-order valence-corrected chi connectivity index (χ4v) is 1.92. The molecule has 1 N–H and O–H groups in total. The molecular weight excluding hydrogens is 278 g/mol. The first-order chi connectivity index (χ1) is 10.1. The van der Waals surface area contributed by atoms with E-state index in [4.69, 9.17) is 0 Å². The molecule has 0 saturated heterocycles. The van der Waals surface area contributed by atoms with Crippen LogP contribution < -0.4 is 0 Å². The highest BCUT2D eigenvalue weighted by Gasteiger charge is 2.16. The average Bonchev–Trinajstić information content (AvgIpc) is 2.39. The van der Waals surface area contributed by atoms with Gasteiger partial charge in [0, 0.05) is 5.92 Å². The van der Waals surface area contributed by atoms with Crippen molar-refractivity contribution < 1.29 is 14.6 Å². The monoisotopic (exact) mass is 315 g/mol. The second kappa shape index (κ2) is 13.6. The van der Waals surface area contributed by atoms with Crippen molar-refractivity contribution in [1.82, 2.24) is 4.90 Å². The largest absolute Gasteiger partial charge is 0.512 e. The van der Waals surface area contributed by atoms with Crippen LogP contribution in [0.5, 0.6) is 0 Å². The van der Waals surface area contributed by atoms with Crippen LogP contribution in [0.2, 0.25) is 0 Å². The van der Waals surface area contributed by atoms with E-state index >= 15 is 0 Å². The molecule has 4 nitrogen and oxygen atoms in total. The van der Waals surface area contributed by atoms with E-state index in [9.17, 15) is 9.90 Å². The molecule has 0 aromatic heterocycles. The summed E-state index contributed by atoms with van der Waals surface area (Å²) < 4.78 is 4.55. The molecule has 1 aliphatic rings. The van der Waals surface area contributed by atoms with Crippen molar-refractivity contribution in [2.75, 3.05) is 21.1 Å². The van der Waals surface area contributed by atoms with E-state index < -0.39 is 0 Å². The summed E-state index contributed by atoms with van der Waals surface area (Å²) in [4.78, 5) is 11.6. The summed E-state index contributed by atoms with van der Waals surface area (Å²) in [6.07, 6.45) is 9.26. The Hall–Kier alpha value is -1.03. The van der Waals surface area contributed by atoms with Gasteiger partial charge in [0.15, 0.2) is 0 Å². The molecule has 1 saturated carbocycles. The molecule has 0 aromatic carbocycles. The number of nitrogens with zero attached hydrogens (tertiary/aromatic N) is 1. The van der Waals surface area contributed by atoms with Gasteiger partial charge in [-0.15, -0.1) is 0 Å². The lowest BCUT2D eigenvalue weighted by atomic mass is 9.87. The number of ether oxygens (including phenoxy) is 1. The van der Waals surface area contributed by atoms with Crippen molar-refractivity contribution in [1.29, 1.82) is 0 Å². The first-order valence-electron chi connectivity index (χ1n) is 8.25. The highest BCUT2D eigenvalue weighted by Crippen LogP contribution is 2.28. The molecule has 132 valence electrons. The number of hydrogen-bond donors (Lipinski definition) is 1. The highest BCUT2D eigenvalue weighted by atomic mass is 16.5. The Morgan fingerprint density at radius 2 is 1.64 bits per heavy atom. The molecule has 0 unspecified atom stereocenters. The van der Waals surface area contributed by atoms with Crippen molar-refractivity contribution >= 4 is 6.47 Å². The third-order valence-electron chi connectivity index (χ3n) is 2.84. The topological polar surface area (TPSA) is 49.8 Å². The van der Waals surface area contributed by atoms with Crippen molar-refractivity contribution in [2.24, 2.45) is 5.92 Å². The zero-order chi connectivity index (χ0) is 17.6. The summed E-state index contributed by atoms with van der Waals surface area (Å²) in [6, 6.07) is 0. The van der Waals surface area contributed by atoms with Gasteiger partial charge in [-0.2, -0.15) is 0 Å². The lowest BCUT2D eigenvalue weighted by Gasteiger charge is -2.20. The van der Waals surface area contributed by atoms with Crippen LogP contribution in [0, 0.1) is 5.92 Å². The number of hydrogen-bond acceptors (Lipinski definition) is 4. The van der Waals surface area contributed by atoms with Crippen LogP contribution in [0.25, 0.3) is 0 Å². The van der Waals surface area contributed by atoms with Gasteiger partial charge in [0.2, 0.25) is 0 Å². The zero-order valence-corrected chi connectivity index (χ0v) is 15.7. The number of aliphatic hydroxyl groups excluding tert-OH is 1. The predicted octanol–water partition coefficient (Wildman–Crippen LogP) is 4.55. The van der Waals surface area contributed by atoms with Crippen molar-refractivity contribution in [3.63, 3.8) is 0 Å². The molecule has 0 aromatic rings. The third-order valence-corrected chi connectivity index (χ3v) is 2.84. The van der Waals surface area contributed by atoms with Gasteiger partial charge < -0.3 is 14.7 Å². The maximum atomic E-state index is 9.60. The maximum absolute atomic E-state index is 9.60. The van der Waals surface area contributed by atoms with E-state index in [0.29, 0.717) is 18.1 Å². The molecule has 1 rings (SSSR count). The predicted molar refractivity (Wildman–Crippen MR) is 94.1 cm³/mol. The van der Waals surface area contributed by atoms with Crippen LogP contribution in [-0.4, -0.2) is 43.2 Å². The molecule has 0 spiro atoms. The fraction of sp³-hybridized carbons (Fsp3) is 0.833. The fourth-order valence-electron chi connectivity index (χ4n) is 1.92. The SMILES string of the molecule is CC(C)(C)OC=O.CC/C=C(\O)C1CCCCC1.CN(C)C. The van der Waals surface area contributed by atoms with Gasteiger partial charge >= 0.3 is 0 Å². The Morgan fingerprint density at radius 1 is 1.18 bits per heavy atom. The zero-order valence-electron chi connectivity index (χ0n) is 15.7. The van der Waals surface area contributed by atoms with E-state index in [0.717, 1.165) is 6.42 Å². The van der Waals surface area contributed by atoms with Crippen LogP contribution in [0.4, 0.5) is 0 Å². The molecule has 0 aliphatic heterocycles. The minimum absolute atomic E-state index is 0.318. The molecule has 0 heterocycles. The summed E-state index contributed by atoms with van der Waals surface area (Å²) in [5.41, 5.74) is -0.318. The van der Waals surface area contributed by atoms with E-state index in [1.807, 2.05) is 52.9 Å². The molecule has 0 atom stereocenters. The normalized spacial score (nSPS) is 16.1. The standard InChI is InChI=1S/C10H18O.C5H10O2.C3H9N/c1-2-6-10(11)9-7-4-3-5-8-9;1-5(2,3)7-4-6;1-4(2)3/h6,9,11H,2-5,7-8H2,1H3;4H,1-3H3;1-3H3/b10-6-;;. The summed E-state index contributed by atoms with van der Waals surface area (Å²) in [5.74, 6) is 1.14. The van der Waals surface area contributed by atoms with Gasteiger partial charge in [0.1, 0.15) is 5.60 Å². The van der Waals surface area contributed by atoms with Crippen LogP contribution in [-0.2, 0) is 9.53 Å². The second-order valence-electron chi connectivity index (χ2n) is 7.04. The first kappa shape index (κ1) is 23.2. The molecule has 1 aliphatic carbocycles. The Bertz CT molecular complexity index is 284.